The monoisotopic (exact) mass is 405 g/mol. The summed E-state index contributed by atoms with van der Waals surface area (Å²) in [4.78, 5) is 18.0. The molecular formula is C24H20ClNO3. The van der Waals surface area contributed by atoms with Crippen molar-refractivity contribution in [3.05, 3.63) is 107 Å². The fourth-order valence-electron chi connectivity index (χ4n) is 3.64. The van der Waals surface area contributed by atoms with E-state index < -0.39 is 17.6 Å². The Hall–Kier alpha value is -3.11. The highest BCUT2D eigenvalue weighted by atomic mass is 35.5. The van der Waals surface area contributed by atoms with Gasteiger partial charge in [0.2, 0.25) is 11.4 Å². The number of methoxy groups -OCH3 is 1. The molecule has 0 bridgehead atoms. The Kier molecular flexibility index (Phi) is 5.36. The summed E-state index contributed by atoms with van der Waals surface area (Å²) in [5.41, 5.74) is 1.16. The number of ether oxygens (including phenoxy) is 2. The van der Waals surface area contributed by atoms with Crippen molar-refractivity contribution in [1.29, 1.82) is 0 Å². The molecule has 0 saturated heterocycles. The summed E-state index contributed by atoms with van der Waals surface area (Å²) >= 11 is 6.49. The average molecular weight is 406 g/mol. The van der Waals surface area contributed by atoms with Gasteiger partial charge in [-0.1, -0.05) is 78.3 Å². The van der Waals surface area contributed by atoms with Crippen molar-refractivity contribution in [2.24, 2.45) is 4.99 Å². The van der Waals surface area contributed by atoms with Crippen molar-refractivity contribution in [2.75, 3.05) is 7.11 Å². The number of carbonyl (C=O) groups is 1. The number of hydrogen-bond donors (Lipinski definition) is 0. The van der Waals surface area contributed by atoms with Crippen LogP contribution in [0.4, 0.5) is 0 Å². The summed E-state index contributed by atoms with van der Waals surface area (Å²) in [6.07, 6.45) is -0.383. The van der Waals surface area contributed by atoms with Gasteiger partial charge in [-0.05, 0) is 23.8 Å². The normalized spacial score (nSPS) is 20.6. The first-order valence-corrected chi connectivity index (χ1v) is 9.70. The number of benzene rings is 3. The molecule has 0 aromatic heterocycles. The lowest BCUT2D eigenvalue weighted by molar-refractivity contribution is -0.149. The zero-order valence-corrected chi connectivity index (χ0v) is 16.7. The average Bonchev–Trinajstić information content (AvgIpc) is 3.15. The van der Waals surface area contributed by atoms with Crippen LogP contribution in [0.25, 0.3) is 0 Å². The molecule has 0 unspecified atom stereocenters. The van der Waals surface area contributed by atoms with Gasteiger partial charge in [-0.25, -0.2) is 9.79 Å². The molecule has 29 heavy (non-hydrogen) atoms. The third-order valence-electron chi connectivity index (χ3n) is 5.03. The van der Waals surface area contributed by atoms with E-state index in [9.17, 15) is 4.79 Å². The van der Waals surface area contributed by atoms with Crippen molar-refractivity contribution >= 4 is 23.5 Å². The van der Waals surface area contributed by atoms with Crippen LogP contribution in [0.15, 0.2) is 89.9 Å². The summed E-state index contributed by atoms with van der Waals surface area (Å²) in [5.74, 6) is -0.0611. The van der Waals surface area contributed by atoms with E-state index in [1.807, 2.05) is 78.9 Å². The topological polar surface area (TPSA) is 47.9 Å². The van der Waals surface area contributed by atoms with E-state index in [1.54, 1.807) is 6.07 Å². The lowest BCUT2D eigenvalue weighted by Crippen LogP contribution is -2.44. The number of halogens is 1. The number of esters is 1. The standard InChI is InChI=1S/C24H20ClNO3/c1-28-23(27)24(16-17-10-4-2-5-11-17)21(19-14-8-9-15-20(19)25)29-22(26-24)18-12-6-3-7-13-18/h2-15,21H,16H2,1H3/t21-,24-/m0/s1. The molecule has 0 fully saturated rings. The lowest BCUT2D eigenvalue weighted by atomic mass is 9.83. The van der Waals surface area contributed by atoms with E-state index in [0.717, 1.165) is 11.1 Å². The molecule has 3 aromatic rings. The van der Waals surface area contributed by atoms with Gasteiger partial charge in [-0.15, -0.1) is 0 Å². The molecule has 0 saturated carbocycles. The van der Waals surface area contributed by atoms with Crippen LogP contribution in [0, 0.1) is 0 Å². The number of aliphatic imine (C=N–C) groups is 1. The minimum absolute atomic E-state index is 0.326. The third kappa shape index (κ3) is 3.64. The second kappa shape index (κ2) is 8.10. The molecule has 0 aliphatic carbocycles. The van der Waals surface area contributed by atoms with Crippen LogP contribution in [0.5, 0.6) is 0 Å². The van der Waals surface area contributed by atoms with Gasteiger partial charge in [-0.3, -0.25) is 0 Å². The van der Waals surface area contributed by atoms with Gasteiger partial charge < -0.3 is 9.47 Å². The predicted octanol–water partition coefficient (Wildman–Crippen LogP) is 5.01. The molecule has 5 heteroatoms. The van der Waals surface area contributed by atoms with Crippen LogP contribution in [0.2, 0.25) is 5.02 Å². The molecule has 0 amide bonds. The van der Waals surface area contributed by atoms with E-state index in [1.165, 1.54) is 7.11 Å². The highest BCUT2D eigenvalue weighted by molar-refractivity contribution is 6.31. The van der Waals surface area contributed by atoms with E-state index in [4.69, 9.17) is 26.1 Å². The van der Waals surface area contributed by atoms with Crippen molar-refractivity contribution < 1.29 is 14.3 Å². The van der Waals surface area contributed by atoms with Gasteiger partial charge in [0.05, 0.1) is 7.11 Å². The van der Waals surface area contributed by atoms with E-state index in [-0.39, 0.29) is 0 Å². The van der Waals surface area contributed by atoms with Crippen molar-refractivity contribution in [3.8, 4) is 0 Å². The Morgan fingerprint density at radius 1 is 1.00 bits per heavy atom. The highest BCUT2D eigenvalue weighted by Gasteiger charge is 2.54. The SMILES string of the molecule is COC(=O)[C@@]1(Cc2ccccc2)N=C(c2ccccc2)O[C@H]1c1ccccc1Cl. The Balaban J connectivity index is 1.88. The first-order chi connectivity index (χ1) is 14.1. The Bertz CT molecular complexity index is 1040. The summed E-state index contributed by atoms with van der Waals surface area (Å²) in [6, 6.07) is 26.6. The number of hydrogen-bond acceptors (Lipinski definition) is 4. The van der Waals surface area contributed by atoms with Gasteiger partial charge in [0.1, 0.15) is 0 Å². The third-order valence-corrected chi connectivity index (χ3v) is 5.37. The Labute approximate surface area is 174 Å². The second-order valence-corrected chi connectivity index (χ2v) is 7.29. The molecule has 1 aliphatic rings. The molecule has 0 spiro atoms. The molecule has 0 N–H and O–H groups in total. The van der Waals surface area contributed by atoms with E-state index in [0.29, 0.717) is 22.9 Å². The molecular weight excluding hydrogens is 386 g/mol. The summed E-state index contributed by atoms with van der Waals surface area (Å²) in [7, 11) is 1.37. The largest absolute Gasteiger partial charge is 0.467 e. The lowest BCUT2D eigenvalue weighted by Gasteiger charge is -2.29. The molecule has 4 rings (SSSR count). The Morgan fingerprint density at radius 3 is 2.28 bits per heavy atom. The van der Waals surface area contributed by atoms with Crippen LogP contribution in [-0.4, -0.2) is 24.5 Å². The van der Waals surface area contributed by atoms with Crippen LogP contribution < -0.4 is 0 Å². The van der Waals surface area contributed by atoms with Crippen LogP contribution >= 0.6 is 11.6 Å². The summed E-state index contributed by atoms with van der Waals surface area (Å²) in [6.45, 7) is 0. The predicted molar refractivity (Wildman–Crippen MR) is 113 cm³/mol. The van der Waals surface area contributed by atoms with Gasteiger partial charge in [0.15, 0.2) is 6.10 Å². The molecule has 0 radical (unpaired) electrons. The molecule has 1 aliphatic heterocycles. The van der Waals surface area contributed by atoms with Crippen molar-refractivity contribution in [1.82, 2.24) is 0 Å². The van der Waals surface area contributed by atoms with Crippen LogP contribution in [0.3, 0.4) is 0 Å². The Morgan fingerprint density at radius 2 is 1.62 bits per heavy atom. The highest BCUT2D eigenvalue weighted by Crippen LogP contribution is 2.44. The maximum absolute atomic E-state index is 13.2. The number of rotatable bonds is 5. The summed E-state index contributed by atoms with van der Waals surface area (Å²) < 4.78 is 11.5. The van der Waals surface area contributed by atoms with Gasteiger partial charge in [-0.2, -0.15) is 0 Å². The van der Waals surface area contributed by atoms with Gasteiger partial charge >= 0.3 is 5.97 Å². The smallest absolute Gasteiger partial charge is 0.338 e. The molecule has 4 nitrogen and oxygen atoms in total. The number of carbonyl (C=O) groups excluding carboxylic acids is 1. The van der Waals surface area contributed by atoms with Crippen LogP contribution in [-0.2, 0) is 20.7 Å². The molecule has 3 aromatic carbocycles. The first-order valence-electron chi connectivity index (χ1n) is 9.33. The fourth-order valence-corrected chi connectivity index (χ4v) is 3.87. The minimum Gasteiger partial charge on any atom is -0.467 e. The van der Waals surface area contributed by atoms with Gasteiger partial charge in [0.25, 0.3) is 0 Å². The summed E-state index contributed by atoms with van der Waals surface area (Å²) in [5, 5.41) is 0.517. The molecule has 1 heterocycles. The van der Waals surface area contributed by atoms with E-state index in [2.05, 4.69) is 0 Å². The zero-order valence-electron chi connectivity index (χ0n) is 15.9. The van der Waals surface area contributed by atoms with Crippen LogP contribution in [0.1, 0.15) is 22.8 Å². The number of nitrogens with zero attached hydrogens (tertiary/aromatic N) is 1. The van der Waals surface area contributed by atoms with Gasteiger partial charge in [0, 0.05) is 22.6 Å². The first kappa shape index (κ1) is 19.2. The van der Waals surface area contributed by atoms with E-state index >= 15 is 0 Å². The maximum atomic E-state index is 13.2. The minimum atomic E-state index is -1.29. The van der Waals surface area contributed by atoms with Crippen molar-refractivity contribution in [3.63, 3.8) is 0 Å². The zero-order chi connectivity index (χ0) is 20.3. The quantitative estimate of drug-likeness (QED) is 0.560. The molecule has 146 valence electrons. The maximum Gasteiger partial charge on any atom is 0.338 e. The second-order valence-electron chi connectivity index (χ2n) is 6.88. The fraction of sp³-hybridized carbons (Fsp3) is 0.167. The van der Waals surface area contributed by atoms with Crippen molar-refractivity contribution in [2.45, 2.75) is 18.1 Å². The molecule has 2 atom stereocenters.